The molecule has 6 heteroatoms. The number of hydrogen-bond donors (Lipinski definition) is 0. The van der Waals surface area contributed by atoms with Gasteiger partial charge in [-0.2, -0.15) is 0 Å². The van der Waals surface area contributed by atoms with Crippen molar-refractivity contribution in [3.8, 4) is 0 Å². The molecule has 16 heavy (non-hydrogen) atoms. The van der Waals surface area contributed by atoms with Crippen molar-refractivity contribution in [2.45, 2.75) is 31.7 Å². The number of hydrogen-bond acceptors (Lipinski definition) is 5. The first-order chi connectivity index (χ1) is 7.35. The molecule has 1 heterocycles. The molecule has 1 amide bonds. The lowest BCUT2D eigenvalue weighted by molar-refractivity contribution is -0.142. The number of amides is 1. The van der Waals surface area contributed by atoms with E-state index in [1.165, 1.54) is 23.8 Å². The lowest BCUT2D eigenvalue weighted by atomic mass is 10.2. The minimum absolute atomic E-state index is 0.409. The number of esters is 1. The smallest absolute Gasteiger partial charge is 0.411 e. The summed E-state index contributed by atoms with van der Waals surface area (Å²) in [6.07, 6.45) is -0.465. The van der Waals surface area contributed by atoms with Crippen LogP contribution in [0, 0.1) is 0 Å². The van der Waals surface area contributed by atoms with Gasteiger partial charge in [-0.25, -0.2) is 9.59 Å². The van der Waals surface area contributed by atoms with Gasteiger partial charge in [0.2, 0.25) is 0 Å². The average Bonchev–Trinajstić information content (AvgIpc) is 2.62. The van der Waals surface area contributed by atoms with Crippen LogP contribution in [0.25, 0.3) is 0 Å². The molecule has 0 unspecified atom stereocenters. The molecule has 1 saturated heterocycles. The Morgan fingerprint density at radius 3 is 2.50 bits per heavy atom. The minimum atomic E-state index is -0.570. The molecule has 0 saturated carbocycles. The van der Waals surface area contributed by atoms with Crippen LogP contribution in [0.15, 0.2) is 0 Å². The van der Waals surface area contributed by atoms with Gasteiger partial charge in [-0.3, -0.25) is 4.90 Å². The molecule has 1 aliphatic rings. The van der Waals surface area contributed by atoms with E-state index in [0.717, 1.165) is 5.75 Å². The molecule has 0 bridgehead atoms. The summed E-state index contributed by atoms with van der Waals surface area (Å²) in [7, 11) is 1.31. The number of ether oxygens (including phenoxy) is 2. The summed E-state index contributed by atoms with van der Waals surface area (Å²) < 4.78 is 9.85. The Hall–Kier alpha value is -0.910. The van der Waals surface area contributed by atoms with E-state index < -0.39 is 23.0 Å². The summed E-state index contributed by atoms with van der Waals surface area (Å²) in [5.41, 5.74) is -0.551. The Morgan fingerprint density at radius 2 is 2.00 bits per heavy atom. The van der Waals surface area contributed by atoms with Crippen molar-refractivity contribution in [1.29, 1.82) is 0 Å². The summed E-state index contributed by atoms with van der Waals surface area (Å²) in [6, 6.07) is 0. The lowest BCUT2D eigenvalue weighted by Gasteiger charge is -2.26. The second kappa shape index (κ2) is 4.95. The van der Waals surface area contributed by atoms with Crippen LogP contribution < -0.4 is 0 Å². The van der Waals surface area contributed by atoms with Crippen molar-refractivity contribution in [2.75, 3.05) is 19.4 Å². The van der Waals surface area contributed by atoms with Crippen molar-refractivity contribution in [1.82, 2.24) is 4.90 Å². The van der Waals surface area contributed by atoms with Crippen molar-refractivity contribution in [3.05, 3.63) is 0 Å². The lowest BCUT2D eigenvalue weighted by Crippen LogP contribution is -2.42. The highest BCUT2D eigenvalue weighted by atomic mass is 32.2. The number of methoxy groups -OCH3 is 1. The van der Waals surface area contributed by atoms with Gasteiger partial charge in [-0.05, 0) is 20.8 Å². The van der Waals surface area contributed by atoms with Gasteiger partial charge in [0, 0.05) is 12.3 Å². The minimum Gasteiger partial charge on any atom is -0.467 e. The van der Waals surface area contributed by atoms with Crippen molar-refractivity contribution >= 4 is 23.8 Å². The molecule has 1 rings (SSSR count). The summed E-state index contributed by atoms with van der Waals surface area (Å²) in [4.78, 5) is 24.6. The molecular formula is C10H17NO4S. The number of thioether (sulfide) groups is 1. The zero-order valence-corrected chi connectivity index (χ0v) is 10.8. The van der Waals surface area contributed by atoms with Crippen LogP contribution in [-0.2, 0) is 14.3 Å². The van der Waals surface area contributed by atoms with Crippen LogP contribution in [0.3, 0.4) is 0 Å². The Balaban J connectivity index is 2.65. The van der Waals surface area contributed by atoms with Crippen molar-refractivity contribution in [3.63, 3.8) is 0 Å². The number of rotatable bonds is 1. The third kappa shape index (κ3) is 3.30. The molecule has 1 atom stereocenters. The third-order valence-electron chi connectivity index (χ3n) is 1.92. The monoisotopic (exact) mass is 247 g/mol. The summed E-state index contributed by atoms with van der Waals surface area (Å²) in [6.45, 7) is 5.89. The Morgan fingerprint density at radius 1 is 1.38 bits per heavy atom. The highest BCUT2D eigenvalue weighted by Gasteiger charge is 2.37. The van der Waals surface area contributed by atoms with E-state index in [2.05, 4.69) is 4.74 Å². The zero-order chi connectivity index (χ0) is 12.3. The number of nitrogens with zero attached hydrogens (tertiary/aromatic N) is 1. The predicted molar refractivity (Wildman–Crippen MR) is 61.2 cm³/mol. The van der Waals surface area contributed by atoms with Crippen LogP contribution in [0.5, 0.6) is 0 Å². The molecule has 0 aromatic carbocycles. The molecule has 0 radical (unpaired) electrons. The highest BCUT2D eigenvalue weighted by molar-refractivity contribution is 8.00. The van der Waals surface area contributed by atoms with E-state index in [0.29, 0.717) is 6.54 Å². The van der Waals surface area contributed by atoms with E-state index in [4.69, 9.17) is 4.74 Å². The molecule has 1 aliphatic heterocycles. The molecular weight excluding hydrogens is 230 g/mol. The first-order valence-corrected chi connectivity index (χ1v) is 6.09. The normalized spacial score (nSPS) is 20.8. The zero-order valence-electron chi connectivity index (χ0n) is 9.98. The molecule has 0 aromatic rings. The first-order valence-electron chi connectivity index (χ1n) is 5.04. The quantitative estimate of drug-likeness (QED) is 0.657. The maximum absolute atomic E-state index is 11.8. The summed E-state index contributed by atoms with van der Waals surface area (Å²) >= 11 is 1.39. The van der Waals surface area contributed by atoms with Gasteiger partial charge < -0.3 is 9.47 Å². The second-order valence-corrected chi connectivity index (χ2v) is 5.61. The van der Waals surface area contributed by atoms with E-state index in [1.807, 2.05) is 0 Å². The maximum Gasteiger partial charge on any atom is 0.411 e. The number of carbonyl (C=O) groups is 2. The average molecular weight is 247 g/mol. The van der Waals surface area contributed by atoms with Crippen LogP contribution in [0.1, 0.15) is 20.8 Å². The van der Waals surface area contributed by atoms with Gasteiger partial charge in [0.15, 0.2) is 5.37 Å². The van der Waals surface area contributed by atoms with Crippen LogP contribution in [0.2, 0.25) is 0 Å². The topological polar surface area (TPSA) is 55.8 Å². The molecule has 1 fully saturated rings. The fourth-order valence-corrected chi connectivity index (χ4v) is 2.40. The second-order valence-electron chi connectivity index (χ2n) is 4.42. The Bertz CT molecular complexity index is 287. The third-order valence-corrected chi connectivity index (χ3v) is 3.10. The molecule has 0 spiro atoms. The van der Waals surface area contributed by atoms with Crippen molar-refractivity contribution < 1.29 is 19.1 Å². The summed E-state index contributed by atoms with van der Waals surface area (Å²) in [5, 5.41) is -0.570. The van der Waals surface area contributed by atoms with E-state index in [9.17, 15) is 9.59 Å². The van der Waals surface area contributed by atoms with Crippen LogP contribution >= 0.6 is 11.8 Å². The van der Waals surface area contributed by atoms with Crippen LogP contribution in [-0.4, -0.2) is 47.3 Å². The molecule has 0 aromatic heterocycles. The SMILES string of the molecule is COC(=O)[C@H]1SCCN1C(=O)OC(C)(C)C. The Labute approximate surface area is 99.5 Å². The van der Waals surface area contributed by atoms with E-state index in [-0.39, 0.29) is 0 Å². The van der Waals surface area contributed by atoms with E-state index in [1.54, 1.807) is 20.8 Å². The first kappa shape index (κ1) is 13.2. The summed E-state index contributed by atoms with van der Waals surface area (Å²) in [5.74, 6) is 0.312. The molecule has 0 aliphatic carbocycles. The highest BCUT2D eigenvalue weighted by Crippen LogP contribution is 2.26. The van der Waals surface area contributed by atoms with Gasteiger partial charge in [0.1, 0.15) is 5.60 Å². The molecule has 0 N–H and O–H groups in total. The fourth-order valence-electron chi connectivity index (χ4n) is 1.27. The predicted octanol–water partition coefficient (Wildman–Crippen LogP) is 1.47. The molecule has 5 nitrogen and oxygen atoms in total. The standard InChI is InChI=1S/C10H17NO4S/c1-10(2,3)15-9(13)11-5-6-16-7(11)8(12)14-4/h7H,5-6H2,1-4H3/t7-/m1/s1. The maximum atomic E-state index is 11.8. The van der Waals surface area contributed by atoms with Gasteiger partial charge in [0.05, 0.1) is 7.11 Å². The van der Waals surface area contributed by atoms with E-state index >= 15 is 0 Å². The largest absolute Gasteiger partial charge is 0.467 e. The van der Waals surface area contributed by atoms with Gasteiger partial charge in [0.25, 0.3) is 0 Å². The van der Waals surface area contributed by atoms with Crippen LogP contribution in [0.4, 0.5) is 4.79 Å². The fraction of sp³-hybridized carbons (Fsp3) is 0.800. The van der Waals surface area contributed by atoms with Gasteiger partial charge >= 0.3 is 12.1 Å². The Kier molecular flexibility index (Phi) is 4.07. The van der Waals surface area contributed by atoms with Gasteiger partial charge in [-0.15, -0.1) is 11.8 Å². The van der Waals surface area contributed by atoms with Crippen molar-refractivity contribution in [2.24, 2.45) is 0 Å². The van der Waals surface area contributed by atoms with Gasteiger partial charge in [-0.1, -0.05) is 0 Å². The number of carbonyl (C=O) groups excluding carboxylic acids is 2. The molecule has 92 valence electrons.